The van der Waals surface area contributed by atoms with Crippen molar-refractivity contribution >= 4 is 5.91 Å². The Hall–Kier alpha value is -2.07. The third kappa shape index (κ3) is 3.70. The predicted molar refractivity (Wildman–Crippen MR) is 96.8 cm³/mol. The first-order valence-corrected chi connectivity index (χ1v) is 8.75. The van der Waals surface area contributed by atoms with E-state index >= 15 is 0 Å². The number of H-pyrrole nitrogens is 1. The molecular weight excluding hydrogens is 298 g/mol. The number of aromatic nitrogens is 1. The van der Waals surface area contributed by atoms with Crippen molar-refractivity contribution in [2.75, 3.05) is 13.1 Å². The second-order valence-corrected chi connectivity index (χ2v) is 7.15. The molecular formula is C20H27N3O. The molecule has 0 aliphatic carbocycles. The van der Waals surface area contributed by atoms with Crippen LogP contribution in [0.3, 0.4) is 0 Å². The van der Waals surface area contributed by atoms with E-state index in [-0.39, 0.29) is 11.9 Å². The highest BCUT2D eigenvalue weighted by atomic mass is 16.1. The summed E-state index contributed by atoms with van der Waals surface area (Å²) < 4.78 is 0. The van der Waals surface area contributed by atoms with Gasteiger partial charge in [0.15, 0.2) is 0 Å². The summed E-state index contributed by atoms with van der Waals surface area (Å²) in [7, 11) is 0. The molecule has 0 bridgehead atoms. The summed E-state index contributed by atoms with van der Waals surface area (Å²) in [6, 6.07) is 12.7. The van der Waals surface area contributed by atoms with E-state index in [2.05, 4.69) is 59.4 Å². The lowest BCUT2D eigenvalue weighted by Gasteiger charge is -2.41. The van der Waals surface area contributed by atoms with E-state index in [1.807, 2.05) is 19.2 Å². The number of aromatic amines is 1. The van der Waals surface area contributed by atoms with Crippen LogP contribution in [0.2, 0.25) is 0 Å². The minimum absolute atomic E-state index is 0.0361. The molecule has 0 saturated carbocycles. The smallest absolute Gasteiger partial charge is 0.253 e. The van der Waals surface area contributed by atoms with Gasteiger partial charge in [0.2, 0.25) is 0 Å². The molecule has 128 valence electrons. The first-order chi connectivity index (χ1) is 11.5. The highest BCUT2D eigenvalue weighted by Gasteiger charge is 2.33. The standard InChI is InChI=1S/C20H27N3O/c1-14-11-23(13-17-7-5-4-6-8-17)12-15(2)19(14)22-20(24)18-9-10-21-16(18)3/h4-10,14-15,19,21H,11-13H2,1-3H3,(H,22,24)/t14-,15-/m0/s1. The Balaban J connectivity index is 1.61. The zero-order valence-electron chi connectivity index (χ0n) is 14.8. The van der Waals surface area contributed by atoms with Crippen LogP contribution in [-0.4, -0.2) is 34.9 Å². The number of likely N-dealkylation sites (tertiary alicyclic amines) is 1. The predicted octanol–water partition coefficient (Wildman–Crippen LogP) is 3.21. The van der Waals surface area contributed by atoms with Gasteiger partial charge in [-0.15, -0.1) is 0 Å². The van der Waals surface area contributed by atoms with E-state index in [9.17, 15) is 4.79 Å². The van der Waals surface area contributed by atoms with E-state index in [1.54, 1.807) is 0 Å². The molecule has 2 atom stereocenters. The molecule has 0 spiro atoms. The average Bonchev–Trinajstić information content (AvgIpc) is 2.98. The van der Waals surface area contributed by atoms with Gasteiger partial charge in [-0.2, -0.15) is 0 Å². The molecule has 2 aromatic rings. The summed E-state index contributed by atoms with van der Waals surface area (Å²) in [6.07, 6.45) is 1.82. The van der Waals surface area contributed by atoms with Crippen LogP contribution in [0.4, 0.5) is 0 Å². The van der Waals surface area contributed by atoms with Crippen LogP contribution in [0.25, 0.3) is 0 Å². The Morgan fingerprint density at radius 1 is 1.17 bits per heavy atom. The fraction of sp³-hybridized carbons (Fsp3) is 0.450. The van der Waals surface area contributed by atoms with Crippen molar-refractivity contribution in [1.29, 1.82) is 0 Å². The number of piperidine rings is 1. The molecule has 0 unspecified atom stereocenters. The summed E-state index contributed by atoms with van der Waals surface area (Å²) in [6.45, 7) is 9.41. The third-order valence-corrected chi connectivity index (χ3v) is 5.06. The number of hydrogen-bond donors (Lipinski definition) is 2. The summed E-state index contributed by atoms with van der Waals surface area (Å²) in [4.78, 5) is 18.1. The molecule has 1 saturated heterocycles. The van der Waals surface area contributed by atoms with Gasteiger partial charge < -0.3 is 10.3 Å². The maximum atomic E-state index is 12.5. The Labute approximate surface area is 144 Å². The number of rotatable bonds is 4. The molecule has 3 rings (SSSR count). The van der Waals surface area contributed by atoms with Crippen molar-refractivity contribution < 1.29 is 4.79 Å². The number of carbonyl (C=O) groups excluding carboxylic acids is 1. The first-order valence-electron chi connectivity index (χ1n) is 8.75. The van der Waals surface area contributed by atoms with Gasteiger partial charge in [0.25, 0.3) is 5.91 Å². The van der Waals surface area contributed by atoms with Gasteiger partial charge in [-0.25, -0.2) is 0 Å². The Morgan fingerprint density at radius 2 is 1.83 bits per heavy atom. The molecule has 1 aliphatic rings. The SMILES string of the molecule is Cc1[nH]ccc1C(=O)NC1[C@@H](C)CN(Cc2ccccc2)C[C@@H]1C. The first kappa shape index (κ1) is 16.8. The normalized spacial score (nSPS) is 22.5. The van der Waals surface area contributed by atoms with Crippen LogP contribution in [0.1, 0.15) is 35.5 Å². The number of nitrogens with zero attached hydrogens (tertiary/aromatic N) is 1. The third-order valence-electron chi connectivity index (χ3n) is 5.06. The maximum Gasteiger partial charge on any atom is 0.253 e. The number of amides is 1. The van der Waals surface area contributed by atoms with Gasteiger partial charge in [0, 0.05) is 37.6 Å². The highest BCUT2D eigenvalue weighted by molar-refractivity contribution is 5.95. The van der Waals surface area contributed by atoms with Crippen molar-refractivity contribution in [3.8, 4) is 0 Å². The Kier molecular flexibility index (Phi) is 5.05. The molecule has 1 amide bonds. The average molecular weight is 325 g/mol. The van der Waals surface area contributed by atoms with E-state index in [0.717, 1.165) is 30.9 Å². The largest absolute Gasteiger partial charge is 0.365 e. The highest BCUT2D eigenvalue weighted by Crippen LogP contribution is 2.24. The van der Waals surface area contributed by atoms with Gasteiger partial charge in [0.05, 0.1) is 5.56 Å². The van der Waals surface area contributed by atoms with Gasteiger partial charge in [-0.05, 0) is 30.4 Å². The molecule has 4 nitrogen and oxygen atoms in total. The molecule has 2 N–H and O–H groups in total. The van der Waals surface area contributed by atoms with Gasteiger partial charge in [-0.3, -0.25) is 9.69 Å². The molecule has 2 heterocycles. The Morgan fingerprint density at radius 3 is 2.42 bits per heavy atom. The van der Waals surface area contributed by atoms with Crippen LogP contribution >= 0.6 is 0 Å². The fourth-order valence-electron chi connectivity index (χ4n) is 3.86. The lowest BCUT2D eigenvalue weighted by Crippen LogP contribution is -2.54. The Bertz CT molecular complexity index is 667. The quantitative estimate of drug-likeness (QED) is 0.907. The molecule has 0 radical (unpaired) electrons. The van der Waals surface area contributed by atoms with Crippen molar-refractivity contribution in [1.82, 2.24) is 15.2 Å². The number of benzene rings is 1. The number of hydrogen-bond acceptors (Lipinski definition) is 2. The molecule has 4 heteroatoms. The van der Waals surface area contributed by atoms with Gasteiger partial charge in [0.1, 0.15) is 0 Å². The second-order valence-electron chi connectivity index (χ2n) is 7.15. The van der Waals surface area contributed by atoms with Gasteiger partial charge in [-0.1, -0.05) is 44.2 Å². The van der Waals surface area contributed by atoms with Crippen LogP contribution in [0.15, 0.2) is 42.6 Å². The monoisotopic (exact) mass is 325 g/mol. The molecule has 1 fully saturated rings. The van der Waals surface area contributed by atoms with Gasteiger partial charge >= 0.3 is 0 Å². The lowest BCUT2D eigenvalue weighted by atomic mass is 9.85. The van der Waals surface area contributed by atoms with E-state index < -0.39 is 0 Å². The molecule has 1 aliphatic heterocycles. The van der Waals surface area contributed by atoms with Crippen LogP contribution in [0, 0.1) is 18.8 Å². The van der Waals surface area contributed by atoms with Crippen molar-refractivity contribution in [2.24, 2.45) is 11.8 Å². The van der Waals surface area contributed by atoms with Crippen LogP contribution in [0.5, 0.6) is 0 Å². The van der Waals surface area contributed by atoms with E-state index in [4.69, 9.17) is 0 Å². The van der Waals surface area contributed by atoms with Crippen molar-refractivity contribution in [2.45, 2.75) is 33.4 Å². The number of carbonyl (C=O) groups is 1. The minimum atomic E-state index is 0.0361. The van der Waals surface area contributed by atoms with Crippen LogP contribution < -0.4 is 5.32 Å². The van der Waals surface area contributed by atoms with Crippen molar-refractivity contribution in [3.05, 3.63) is 59.4 Å². The van der Waals surface area contributed by atoms with E-state index in [0.29, 0.717) is 11.8 Å². The van der Waals surface area contributed by atoms with Crippen LogP contribution in [-0.2, 0) is 6.54 Å². The molecule has 1 aromatic heterocycles. The zero-order valence-corrected chi connectivity index (χ0v) is 14.8. The molecule has 1 aromatic carbocycles. The minimum Gasteiger partial charge on any atom is -0.365 e. The van der Waals surface area contributed by atoms with Crippen molar-refractivity contribution in [3.63, 3.8) is 0 Å². The summed E-state index contributed by atoms with van der Waals surface area (Å²) in [5, 5.41) is 3.26. The maximum absolute atomic E-state index is 12.5. The summed E-state index contributed by atoms with van der Waals surface area (Å²) in [5.41, 5.74) is 3.03. The summed E-state index contributed by atoms with van der Waals surface area (Å²) >= 11 is 0. The zero-order chi connectivity index (χ0) is 17.1. The lowest BCUT2D eigenvalue weighted by molar-refractivity contribution is 0.0732. The summed E-state index contributed by atoms with van der Waals surface area (Å²) in [5.74, 6) is 0.898. The fourth-order valence-corrected chi connectivity index (χ4v) is 3.86. The number of nitrogens with one attached hydrogen (secondary N) is 2. The second kappa shape index (κ2) is 7.22. The molecule has 24 heavy (non-hydrogen) atoms. The number of aryl methyl sites for hydroxylation is 1. The topological polar surface area (TPSA) is 48.1 Å². The van der Waals surface area contributed by atoms with E-state index in [1.165, 1.54) is 5.56 Å².